The van der Waals surface area contributed by atoms with Crippen molar-refractivity contribution in [1.82, 2.24) is 9.88 Å². The van der Waals surface area contributed by atoms with Crippen molar-refractivity contribution < 1.29 is 53.2 Å². The van der Waals surface area contributed by atoms with Crippen LogP contribution in [0.15, 0.2) is 30.3 Å². The Balaban J connectivity index is 1.50. The van der Waals surface area contributed by atoms with Gasteiger partial charge in [-0.25, -0.2) is 13.8 Å². The Morgan fingerprint density at radius 1 is 1.26 bits per heavy atom. The number of likely N-dealkylation sites (tertiary alicyclic amines) is 1. The number of rotatable bonds is 7. The van der Waals surface area contributed by atoms with Gasteiger partial charge in [0.1, 0.15) is 42.4 Å². The number of amides is 1. The van der Waals surface area contributed by atoms with Crippen molar-refractivity contribution >= 4 is 5.91 Å². The number of alkyl halides is 3. The van der Waals surface area contributed by atoms with Crippen LogP contribution in [-0.4, -0.2) is 68.4 Å². The van der Waals surface area contributed by atoms with Crippen LogP contribution in [0, 0.1) is 11.6 Å². The van der Waals surface area contributed by atoms with E-state index in [-0.39, 0.29) is 42.4 Å². The fraction of sp³-hybridized carbons (Fsp3) is 0.455. The molecule has 0 radical (unpaired) electrons. The summed E-state index contributed by atoms with van der Waals surface area (Å²) in [5.41, 5.74) is -1.59. The SMILES string of the molecule is [2H]C1([2H])O[C@@H]2CN(C(=O)c3ccc(OCCOC(F)(F)F)c(OC)n3)CC[C@]2(c2cc(F)cc(F)c2)O1. The minimum Gasteiger partial charge on any atom is -0.486 e. The Morgan fingerprint density at radius 2 is 2.00 bits per heavy atom. The number of benzene rings is 1. The summed E-state index contributed by atoms with van der Waals surface area (Å²) in [7, 11) is 1.23. The van der Waals surface area contributed by atoms with Crippen LogP contribution in [0.1, 0.15) is 25.2 Å². The first-order chi connectivity index (χ1) is 17.3. The van der Waals surface area contributed by atoms with Crippen molar-refractivity contribution in [3.8, 4) is 11.6 Å². The van der Waals surface area contributed by atoms with Crippen molar-refractivity contribution in [2.45, 2.75) is 24.5 Å². The zero-order chi connectivity index (χ0) is 27.0. The van der Waals surface area contributed by atoms with E-state index in [4.69, 9.17) is 21.7 Å². The van der Waals surface area contributed by atoms with E-state index < -0.39 is 55.6 Å². The number of carbonyl (C=O) groups excluding carboxylic acids is 1. The van der Waals surface area contributed by atoms with Gasteiger partial charge in [0.25, 0.3) is 11.8 Å². The molecule has 0 aliphatic carbocycles. The number of pyridine rings is 1. The van der Waals surface area contributed by atoms with E-state index in [2.05, 4.69) is 9.72 Å². The third kappa shape index (κ3) is 5.46. The molecule has 4 rings (SSSR count). The van der Waals surface area contributed by atoms with Gasteiger partial charge in [-0.3, -0.25) is 9.53 Å². The maximum atomic E-state index is 13.9. The Kier molecular flexibility index (Phi) is 6.35. The van der Waals surface area contributed by atoms with Crippen molar-refractivity contribution in [3.05, 3.63) is 53.2 Å². The second-order valence-electron chi connectivity index (χ2n) is 7.69. The first-order valence-corrected chi connectivity index (χ1v) is 10.3. The average molecular weight is 506 g/mol. The van der Waals surface area contributed by atoms with Gasteiger partial charge >= 0.3 is 6.36 Å². The number of methoxy groups -OCH3 is 1. The second-order valence-corrected chi connectivity index (χ2v) is 7.69. The lowest BCUT2D eigenvalue weighted by Gasteiger charge is -2.41. The van der Waals surface area contributed by atoms with Crippen LogP contribution < -0.4 is 9.47 Å². The van der Waals surface area contributed by atoms with E-state index in [1.807, 2.05) is 0 Å². The molecule has 190 valence electrons. The van der Waals surface area contributed by atoms with Gasteiger partial charge in [-0.1, -0.05) is 0 Å². The molecular formula is C22H21F5N2O6. The molecule has 0 spiro atoms. The van der Waals surface area contributed by atoms with Crippen molar-refractivity contribution in [1.29, 1.82) is 0 Å². The fourth-order valence-corrected chi connectivity index (χ4v) is 3.95. The highest BCUT2D eigenvalue weighted by atomic mass is 19.4. The van der Waals surface area contributed by atoms with Crippen LogP contribution >= 0.6 is 0 Å². The zero-order valence-corrected chi connectivity index (χ0v) is 18.2. The lowest BCUT2D eigenvalue weighted by molar-refractivity contribution is -0.325. The van der Waals surface area contributed by atoms with Gasteiger partial charge in [0, 0.05) is 19.0 Å². The number of hydrogen-bond acceptors (Lipinski definition) is 7. The summed E-state index contributed by atoms with van der Waals surface area (Å²) in [5, 5.41) is 0. The molecule has 2 saturated heterocycles. The molecule has 0 N–H and O–H groups in total. The average Bonchev–Trinajstić information content (AvgIpc) is 3.10. The normalized spacial score (nSPS) is 24.4. The summed E-state index contributed by atoms with van der Waals surface area (Å²) in [6.45, 7) is -3.98. The summed E-state index contributed by atoms with van der Waals surface area (Å²) in [6.07, 6.45) is -5.94. The van der Waals surface area contributed by atoms with Crippen molar-refractivity contribution in [2.75, 3.05) is 40.2 Å². The fourth-order valence-electron chi connectivity index (χ4n) is 3.95. The quantitative estimate of drug-likeness (QED) is 0.421. The molecule has 2 aliphatic heterocycles. The highest BCUT2D eigenvalue weighted by molar-refractivity contribution is 5.92. The number of nitrogens with zero attached hydrogens (tertiary/aromatic N) is 2. The molecule has 3 heterocycles. The summed E-state index contributed by atoms with van der Waals surface area (Å²) in [4.78, 5) is 18.5. The van der Waals surface area contributed by atoms with Crippen molar-refractivity contribution in [3.63, 3.8) is 0 Å². The molecule has 8 nitrogen and oxygen atoms in total. The lowest BCUT2D eigenvalue weighted by atomic mass is 9.82. The molecule has 0 unspecified atom stereocenters. The number of ether oxygens (including phenoxy) is 5. The first-order valence-electron chi connectivity index (χ1n) is 11.3. The van der Waals surface area contributed by atoms with Gasteiger partial charge in [0.05, 0.1) is 23.0 Å². The van der Waals surface area contributed by atoms with Crippen LogP contribution in [0.5, 0.6) is 11.6 Å². The molecule has 2 fully saturated rings. The summed E-state index contributed by atoms with van der Waals surface area (Å²) in [5.74, 6) is -2.52. The van der Waals surface area contributed by atoms with Gasteiger partial charge in [-0.15, -0.1) is 13.2 Å². The first kappa shape index (κ1) is 22.4. The number of carbonyl (C=O) groups is 1. The molecule has 0 bridgehead atoms. The van der Waals surface area contributed by atoms with E-state index in [0.717, 1.165) is 12.1 Å². The van der Waals surface area contributed by atoms with Gasteiger partial charge < -0.3 is 23.8 Å². The van der Waals surface area contributed by atoms with Crippen LogP contribution in [0.4, 0.5) is 22.0 Å². The maximum Gasteiger partial charge on any atom is 0.522 e. The predicted octanol–water partition coefficient (Wildman–Crippen LogP) is 3.40. The Hall–Kier alpha value is -3.03. The highest BCUT2D eigenvalue weighted by Gasteiger charge is 2.51. The second kappa shape index (κ2) is 9.91. The van der Waals surface area contributed by atoms with Gasteiger partial charge in [0.2, 0.25) is 0 Å². The van der Waals surface area contributed by atoms with E-state index in [0.29, 0.717) is 6.07 Å². The number of hydrogen-bond donors (Lipinski definition) is 0. The molecule has 1 aromatic heterocycles. The van der Waals surface area contributed by atoms with E-state index in [9.17, 15) is 26.7 Å². The molecule has 1 aromatic carbocycles. The molecule has 1 amide bonds. The highest BCUT2D eigenvalue weighted by Crippen LogP contribution is 2.43. The van der Waals surface area contributed by atoms with E-state index in [1.165, 1.54) is 24.1 Å². The lowest BCUT2D eigenvalue weighted by Crippen LogP contribution is -2.53. The molecule has 0 saturated carbocycles. The number of fused-ring (bicyclic) bond motifs is 1. The van der Waals surface area contributed by atoms with Crippen LogP contribution in [0.25, 0.3) is 0 Å². The van der Waals surface area contributed by atoms with E-state index in [1.54, 1.807) is 0 Å². The third-order valence-corrected chi connectivity index (χ3v) is 5.56. The standard InChI is InChI=1S/C22H21F5N2O6/c1-31-19-17(32-6-7-34-22(25,26)27)3-2-16(28-19)20(30)29-5-4-21(18(11-29)33-12-35-21)13-8-14(23)10-15(24)9-13/h2-3,8-10,18H,4-7,11-12H2,1H3/t18-,21-/m1/s1/i12D2. The topological polar surface area (TPSA) is 79.4 Å². The monoisotopic (exact) mass is 506 g/mol. The van der Waals surface area contributed by atoms with Gasteiger partial charge in [-0.05, 0) is 29.8 Å². The van der Waals surface area contributed by atoms with Crippen LogP contribution in [-0.2, 0) is 19.8 Å². The summed E-state index contributed by atoms with van der Waals surface area (Å²) in [6, 6.07) is 5.31. The van der Waals surface area contributed by atoms with E-state index >= 15 is 0 Å². The Morgan fingerprint density at radius 3 is 2.69 bits per heavy atom. The molecule has 13 heteroatoms. The van der Waals surface area contributed by atoms with Gasteiger partial charge in [0.15, 0.2) is 5.75 Å². The van der Waals surface area contributed by atoms with Crippen molar-refractivity contribution in [2.24, 2.45) is 0 Å². The molecule has 2 aromatic rings. The molecule has 2 atom stereocenters. The summed E-state index contributed by atoms with van der Waals surface area (Å²) >= 11 is 0. The number of aromatic nitrogens is 1. The molecular weight excluding hydrogens is 483 g/mol. The third-order valence-electron chi connectivity index (χ3n) is 5.56. The summed E-state index contributed by atoms with van der Waals surface area (Å²) < 4.78 is 105. The largest absolute Gasteiger partial charge is 0.522 e. The number of halogens is 5. The zero-order valence-electron chi connectivity index (χ0n) is 20.2. The smallest absolute Gasteiger partial charge is 0.486 e. The molecule has 2 aliphatic rings. The maximum absolute atomic E-state index is 13.9. The predicted molar refractivity (Wildman–Crippen MR) is 108 cm³/mol. The Labute approximate surface area is 199 Å². The number of piperidine rings is 1. The molecule has 35 heavy (non-hydrogen) atoms. The van der Waals surface area contributed by atoms with Crippen LogP contribution in [0.3, 0.4) is 0 Å². The minimum atomic E-state index is -4.80. The van der Waals surface area contributed by atoms with Crippen LogP contribution in [0.2, 0.25) is 0 Å². The van der Waals surface area contributed by atoms with Gasteiger partial charge in [-0.2, -0.15) is 0 Å². The Bertz CT molecular complexity index is 1150. The minimum absolute atomic E-state index is 0.00390.